The van der Waals surface area contributed by atoms with Gasteiger partial charge in [-0.3, -0.25) is 9.59 Å². The van der Waals surface area contributed by atoms with E-state index < -0.39 is 0 Å². The van der Waals surface area contributed by atoms with Gasteiger partial charge in [-0.25, -0.2) is 0 Å². The molecule has 0 saturated heterocycles. The van der Waals surface area contributed by atoms with Crippen LogP contribution in [0.3, 0.4) is 0 Å². The smallest absolute Gasteiger partial charge is 0.261 e. The van der Waals surface area contributed by atoms with E-state index in [0.717, 1.165) is 72.5 Å². The molecule has 4 nitrogen and oxygen atoms in total. The van der Waals surface area contributed by atoms with Gasteiger partial charge in [-0.1, -0.05) is 221 Å². The molecule has 2 atom stereocenters. The summed E-state index contributed by atoms with van der Waals surface area (Å²) in [4.78, 5) is 38.2. The van der Waals surface area contributed by atoms with Crippen LogP contribution in [0.2, 0.25) is 0 Å². The first-order valence-corrected chi connectivity index (χ1v) is 33.9. The van der Waals surface area contributed by atoms with E-state index in [4.69, 9.17) is 0 Å². The lowest BCUT2D eigenvalue weighted by Gasteiger charge is -2.29. The standard InChI is InChI=1S/C64H100N2O2S4/c1-7-13-19-23-25-27-29-31-35-41-51-47-69-55-43-53(71-61(51)55)59-57-58(64(68)65(59)45-49(37-17-11-5)39-33-21-15-9-3)60(66(63(57)67)46-50(38-18-12-6)40-34-22-16-10-4)54-44-56-62(72-54)52(48-70-56)42-36-32-30-28-26-24-20-14-8-2/h43-44,47-50H,7-42,45-46H2,1-6H3. The molecule has 4 aromatic rings. The van der Waals surface area contributed by atoms with Crippen LogP contribution in [0.5, 0.6) is 0 Å². The van der Waals surface area contributed by atoms with Crippen molar-refractivity contribution >= 4 is 87.4 Å². The highest BCUT2D eigenvalue weighted by atomic mass is 32.1. The van der Waals surface area contributed by atoms with Crippen molar-refractivity contribution in [2.24, 2.45) is 11.8 Å². The van der Waals surface area contributed by atoms with Crippen LogP contribution in [0.25, 0.3) is 30.2 Å². The van der Waals surface area contributed by atoms with E-state index in [2.05, 4.69) is 74.2 Å². The maximum absolute atomic E-state index is 15.8. The molecule has 6 rings (SSSR count). The summed E-state index contributed by atoms with van der Waals surface area (Å²) in [6, 6.07) is 4.73. The third-order valence-corrected chi connectivity index (χ3v) is 20.8. The highest BCUT2D eigenvalue weighted by Gasteiger charge is 2.50. The quantitative estimate of drug-likeness (QED) is 0.0415. The Morgan fingerprint density at radius 1 is 0.389 bits per heavy atom. The minimum absolute atomic E-state index is 0.0762. The van der Waals surface area contributed by atoms with Gasteiger partial charge in [0.1, 0.15) is 0 Å². The summed E-state index contributed by atoms with van der Waals surface area (Å²) in [5.74, 6) is 0.978. The maximum Gasteiger partial charge on any atom is 0.261 e. The highest BCUT2D eigenvalue weighted by Crippen LogP contribution is 2.52. The summed E-state index contributed by atoms with van der Waals surface area (Å²) >= 11 is 7.46. The van der Waals surface area contributed by atoms with Crippen molar-refractivity contribution in [2.45, 2.75) is 273 Å². The molecule has 0 bridgehead atoms. The second kappa shape index (κ2) is 33.0. The zero-order chi connectivity index (χ0) is 50.9. The SMILES string of the molecule is CCCCCCCCCCCc1csc2cc(C3=C4C(=O)N(CC(CCCC)CCCCCC)C(c5cc6scc(CCCCCCCCCCC)c6s5)=C4C(=O)N3CC(CCCC)CCCCCC)sc12. The van der Waals surface area contributed by atoms with Crippen molar-refractivity contribution < 1.29 is 9.59 Å². The van der Waals surface area contributed by atoms with Gasteiger partial charge in [-0.2, -0.15) is 0 Å². The lowest BCUT2D eigenvalue weighted by Crippen LogP contribution is -2.34. The summed E-state index contributed by atoms with van der Waals surface area (Å²) in [5, 5.41) is 4.80. The van der Waals surface area contributed by atoms with E-state index in [1.165, 1.54) is 210 Å². The Balaban J connectivity index is 1.37. The third-order valence-electron chi connectivity index (χ3n) is 16.1. The second-order valence-corrected chi connectivity index (χ2v) is 26.2. The molecule has 72 heavy (non-hydrogen) atoms. The van der Waals surface area contributed by atoms with Gasteiger partial charge < -0.3 is 9.80 Å². The molecule has 2 aliphatic heterocycles. The second-order valence-electron chi connectivity index (χ2n) is 22.3. The van der Waals surface area contributed by atoms with Crippen molar-refractivity contribution in [2.75, 3.05) is 13.1 Å². The zero-order valence-electron chi connectivity index (χ0n) is 46.7. The summed E-state index contributed by atoms with van der Waals surface area (Å²) in [6.45, 7) is 15.2. The van der Waals surface area contributed by atoms with E-state index >= 15 is 9.59 Å². The number of aryl methyl sites for hydroxylation is 2. The van der Waals surface area contributed by atoms with Crippen molar-refractivity contribution in [1.29, 1.82) is 0 Å². The summed E-state index contributed by atoms with van der Waals surface area (Å²) in [6.07, 6.45) is 45.4. The number of rotatable bonds is 42. The molecule has 402 valence electrons. The highest BCUT2D eigenvalue weighted by molar-refractivity contribution is 7.28. The summed E-state index contributed by atoms with van der Waals surface area (Å²) in [7, 11) is 0. The molecular formula is C64H100N2O2S4. The Morgan fingerprint density at radius 3 is 1.04 bits per heavy atom. The van der Waals surface area contributed by atoms with Crippen LogP contribution in [-0.4, -0.2) is 34.7 Å². The van der Waals surface area contributed by atoms with Crippen LogP contribution in [0.15, 0.2) is 34.0 Å². The molecule has 4 aromatic heterocycles. The Kier molecular flexibility index (Phi) is 27.1. The molecule has 0 saturated carbocycles. The minimum Gasteiger partial charge on any atom is -0.306 e. The predicted octanol–water partition coefficient (Wildman–Crippen LogP) is 21.7. The van der Waals surface area contributed by atoms with E-state index in [0.29, 0.717) is 36.1 Å². The van der Waals surface area contributed by atoms with Crippen LogP contribution >= 0.6 is 45.3 Å². The number of carbonyl (C=O) groups excluding carboxylic acids is 2. The average Bonchev–Trinajstić information content (AvgIpc) is 4.24. The minimum atomic E-state index is 0.0762. The predicted molar refractivity (Wildman–Crippen MR) is 322 cm³/mol. The van der Waals surface area contributed by atoms with Crippen LogP contribution in [0.1, 0.15) is 281 Å². The zero-order valence-corrected chi connectivity index (χ0v) is 49.9. The molecule has 8 heteroatoms. The maximum atomic E-state index is 15.8. The van der Waals surface area contributed by atoms with E-state index in [-0.39, 0.29) is 11.8 Å². The fraction of sp³-hybridized carbons (Fsp3) is 0.719. The molecule has 0 fully saturated rings. The van der Waals surface area contributed by atoms with Crippen molar-refractivity contribution in [3.63, 3.8) is 0 Å². The van der Waals surface area contributed by atoms with Crippen LogP contribution in [0.4, 0.5) is 0 Å². The van der Waals surface area contributed by atoms with Gasteiger partial charge in [0.2, 0.25) is 0 Å². The van der Waals surface area contributed by atoms with Gasteiger partial charge >= 0.3 is 0 Å². The van der Waals surface area contributed by atoms with Gasteiger partial charge in [0, 0.05) is 31.9 Å². The van der Waals surface area contributed by atoms with Crippen LogP contribution < -0.4 is 0 Å². The lowest BCUT2D eigenvalue weighted by molar-refractivity contribution is -0.124. The summed E-state index contributed by atoms with van der Waals surface area (Å²) in [5.41, 5.74) is 6.18. The number of hydrogen-bond donors (Lipinski definition) is 0. The Bertz CT molecular complexity index is 2090. The van der Waals surface area contributed by atoms with Crippen LogP contribution in [-0.2, 0) is 22.4 Å². The van der Waals surface area contributed by atoms with E-state index in [9.17, 15) is 0 Å². The topological polar surface area (TPSA) is 40.6 Å². The monoisotopic (exact) mass is 1060 g/mol. The number of thiophene rings is 4. The molecule has 0 radical (unpaired) electrons. The third kappa shape index (κ3) is 16.9. The largest absolute Gasteiger partial charge is 0.306 e. The molecule has 6 heterocycles. The number of nitrogens with zero attached hydrogens (tertiary/aromatic N) is 2. The first-order chi connectivity index (χ1) is 35.4. The first kappa shape index (κ1) is 59.0. The van der Waals surface area contributed by atoms with Gasteiger partial charge in [0.05, 0.1) is 32.3 Å². The molecular weight excluding hydrogens is 957 g/mol. The van der Waals surface area contributed by atoms with Gasteiger partial charge in [0.25, 0.3) is 11.8 Å². The molecule has 0 spiro atoms. The first-order valence-electron chi connectivity index (χ1n) is 30.5. The van der Waals surface area contributed by atoms with Gasteiger partial charge in [-0.15, -0.1) is 45.3 Å². The summed E-state index contributed by atoms with van der Waals surface area (Å²) < 4.78 is 5.38. The lowest BCUT2D eigenvalue weighted by atomic mass is 9.94. The fourth-order valence-corrected chi connectivity index (χ4v) is 16.7. The molecule has 2 amide bonds. The molecule has 0 aromatic carbocycles. The molecule has 2 aliphatic rings. The molecule has 0 N–H and O–H groups in total. The number of fused-ring (bicyclic) bond motifs is 3. The van der Waals surface area contributed by atoms with E-state index in [1.54, 1.807) is 0 Å². The van der Waals surface area contributed by atoms with Gasteiger partial charge in [0.15, 0.2) is 0 Å². The van der Waals surface area contributed by atoms with E-state index in [1.807, 2.05) is 45.3 Å². The van der Waals surface area contributed by atoms with Crippen molar-refractivity contribution in [3.8, 4) is 0 Å². The number of hydrogen-bond acceptors (Lipinski definition) is 6. The Hall–Kier alpha value is -2.26. The Labute approximate surface area is 456 Å². The number of unbranched alkanes of at least 4 members (excludes halogenated alkanes) is 24. The van der Waals surface area contributed by atoms with Gasteiger partial charge in [-0.05, 0) is 97.2 Å². The van der Waals surface area contributed by atoms with Crippen molar-refractivity contribution in [1.82, 2.24) is 9.80 Å². The molecule has 0 aliphatic carbocycles. The Morgan fingerprint density at radius 2 is 0.694 bits per heavy atom. The fourth-order valence-electron chi connectivity index (χ4n) is 11.7. The van der Waals surface area contributed by atoms with Crippen LogP contribution in [0, 0.1) is 11.8 Å². The normalized spacial score (nSPS) is 15.0. The number of carbonyl (C=O) groups is 2. The van der Waals surface area contributed by atoms with Crippen molar-refractivity contribution in [3.05, 3.63) is 54.9 Å². The average molecular weight is 1060 g/mol. The molecule has 2 unspecified atom stereocenters. The number of amides is 2.